The topological polar surface area (TPSA) is 61.4 Å². The Labute approximate surface area is 127 Å². The maximum Gasteiger partial charge on any atom is 0.240 e. The number of anilines is 1. The Balaban J connectivity index is 1.88. The lowest BCUT2D eigenvalue weighted by atomic mass is 9.97. The molecule has 2 rings (SSSR count). The van der Waals surface area contributed by atoms with E-state index in [2.05, 4.69) is 22.0 Å². The molecule has 0 aromatic heterocycles. The highest BCUT2D eigenvalue weighted by molar-refractivity contribution is 7.89. The van der Waals surface area contributed by atoms with E-state index in [-0.39, 0.29) is 0 Å². The van der Waals surface area contributed by atoms with E-state index in [1.165, 1.54) is 12.8 Å². The Bertz CT molecular complexity index is 535. The Hall–Kier alpha value is -1.11. The summed E-state index contributed by atoms with van der Waals surface area (Å²) in [4.78, 5) is 2.67. The largest absolute Gasteiger partial charge is 0.385 e. The number of hydrogen-bond acceptors (Lipinski definition) is 4. The first-order valence-corrected chi connectivity index (χ1v) is 9.01. The van der Waals surface area contributed by atoms with E-state index in [4.69, 9.17) is 0 Å². The minimum Gasteiger partial charge on any atom is -0.385 e. The monoisotopic (exact) mass is 311 g/mol. The molecule has 1 fully saturated rings. The van der Waals surface area contributed by atoms with Crippen molar-refractivity contribution in [1.29, 1.82) is 0 Å². The summed E-state index contributed by atoms with van der Waals surface area (Å²) in [5.41, 5.74) is 0.976. The van der Waals surface area contributed by atoms with Crippen LogP contribution in [0.3, 0.4) is 0 Å². The van der Waals surface area contributed by atoms with Crippen molar-refractivity contribution in [2.45, 2.75) is 24.7 Å². The predicted molar refractivity (Wildman–Crippen MR) is 86.0 cm³/mol. The zero-order valence-corrected chi connectivity index (χ0v) is 13.6. The van der Waals surface area contributed by atoms with Gasteiger partial charge in [-0.2, -0.15) is 0 Å². The van der Waals surface area contributed by atoms with Crippen molar-refractivity contribution in [2.24, 2.45) is 5.92 Å². The van der Waals surface area contributed by atoms with Crippen LogP contribution in [0.5, 0.6) is 0 Å². The lowest BCUT2D eigenvalue weighted by molar-refractivity contribution is 0.226. The van der Waals surface area contributed by atoms with Crippen LogP contribution >= 0.6 is 0 Å². The number of sulfonamides is 1. The second kappa shape index (κ2) is 7.24. The molecular formula is C15H25N3O2S. The lowest BCUT2D eigenvalue weighted by Crippen LogP contribution is -2.32. The number of nitrogens with zero attached hydrogens (tertiary/aromatic N) is 1. The van der Waals surface area contributed by atoms with Crippen LogP contribution in [-0.4, -0.2) is 46.5 Å². The summed E-state index contributed by atoms with van der Waals surface area (Å²) in [5.74, 6) is 0.700. The molecule has 1 heterocycles. The lowest BCUT2D eigenvalue weighted by Gasteiger charge is -2.29. The molecule has 0 atom stereocenters. The third kappa shape index (κ3) is 4.69. The minimum atomic E-state index is -3.35. The fraction of sp³-hybridized carbons (Fsp3) is 0.600. The van der Waals surface area contributed by atoms with Gasteiger partial charge in [-0.05, 0) is 63.2 Å². The molecular weight excluding hydrogens is 286 g/mol. The van der Waals surface area contributed by atoms with Crippen LogP contribution in [0.2, 0.25) is 0 Å². The van der Waals surface area contributed by atoms with Gasteiger partial charge in [0.2, 0.25) is 10.0 Å². The van der Waals surface area contributed by atoms with Crippen LogP contribution in [0.15, 0.2) is 29.2 Å². The zero-order chi connectivity index (χ0) is 15.3. The maximum atomic E-state index is 11.8. The molecule has 1 saturated heterocycles. The SMILES string of the molecule is CCNS(=O)(=O)c1ccc(NCC2CCN(C)CC2)cc1. The summed E-state index contributed by atoms with van der Waals surface area (Å²) in [6, 6.07) is 6.96. The van der Waals surface area contributed by atoms with Crippen molar-refractivity contribution in [2.75, 3.05) is 38.5 Å². The van der Waals surface area contributed by atoms with E-state index in [1.807, 2.05) is 12.1 Å². The summed E-state index contributed by atoms with van der Waals surface area (Å²) in [7, 11) is -1.19. The van der Waals surface area contributed by atoms with Crippen molar-refractivity contribution in [3.63, 3.8) is 0 Å². The van der Waals surface area contributed by atoms with Gasteiger partial charge < -0.3 is 10.2 Å². The predicted octanol–water partition coefficient (Wildman–Crippen LogP) is 1.74. The molecule has 0 unspecified atom stereocenters. The van der Waals surface area contributed by atoms with Gasteiger partial charge in [0, 0.05) is 18.8 Å². The van der Waals surface area contributed by atoms with Gasteiger partial charge in [-0.3, -0.25) is 0 Å². The summed E-state index contributed by atoms with van der Waals surface area (Å²) < 4.78 is 26.2. The van der Waals surface area contributed by atoms with E-state index < -0.39 is 10.0 Å². The maximum absolute atomic E-state index is 11.8. The highest BCUT2D eigenvalue weighted by Gasteiger charge is 2.16. The van der Waals surface area contributed by atoms with E-state index in [9.17, 15) is 8.42 Å². The minimum absolute atomic E-state index is 0.314. The number of piperidine rings is 1. The van der Waals surface area contributed by atoms with Crippen LogP contribution in [0.25, 0.3) is 0 Å². The van der Waals surface area contributed by atoms with Crippen molar-refractivity contribution in [3.8, 4) is 0 Å². The molecule has 0 spiro atoms. The molecule has 6 heteroatoms. The third-order valence-electron chi connectivity index (χ3n) is 3.93. The van der Waals surface area contributed by atoms with Crippen molar-refractivity contribution in [1.82, 2.24) is 9.62 Å². The van der Waals surface area contributed by atoms with Gasteiger partial charge in [-0.1, -0.05) is 6.92 Å². The van der Waals surface area contributed by atoms with E-state index >= 15 is 0 Å². The summed E-state index contributed by atoms with van der Waals surface area (Å²) in [6.45, 7) is 5.44. The molecule has 1 aromatic carbocycles. The van der Waals surface area contributed by atoms with Gasteiger partial charge in [0.15, 0.2) is 0 Å². The number of likely N-dealkylation sites (tertiary alicyclic amines) is 1. The van der Waals surface area contributed by atoms with Gasteiger partial charge in [0.1, 0.15) is 0 Å². The van der Waals surface area contributed by atoms with Crippen LogP contribution in [-0.2, 0) is 10.0 Å². The summed E-state index contributed by atoms with van der Waals surface area (Å²) >= 11 is 0. The third-order valence-corrected chi connectivity index (χ3v) is 5.49. The number of rotatable bonds is 6. The molecule has 1 aliphatic rings. The number of nitrogens with one attached hydrogen (secondary N) is 2. The fourth-order valence-corrected chi connectivity index (χ4v) is 3.59. The van der Waals surface area contributed by atoms with Gasteiger partial charge >= 0.3 is 0 Å². The summed E-state index contributed by atoms with van der Waals surface area (Å²) in [5, 5.41) is 3.41. The molecule has 1 aromatic rings. The van der Waals surface area contributed by atoms with E-state index in [0.29, 0.717) is 17.4 Å². The Morgan fingerprint density at radius 2 is 1.81 bits per heavy atom. The molecule has 0 aliphatic carbocycles. The second-order valence-corrected chi connectivity index (χ2v) is 7.42. The summed E-state index contributed by atoms with van der Waals surface area (Å²) in [6.07, 6.45) is 2.44. The molecule has 0 saturated carbocycles. The molecule has 5 nitrogen and oxygen atoms in total. The first-order valence-electron chi connectivity index (χ1n) is 7.53. The van der Waals surface area contributed by atoms with Crippen LogP contribution < -0.4 is 10.0 Å². The van der Waals surface area contributed by atoms with Gasteiger partial charge in [0.25, 0.3) is 0 Å². The van der Waals surface area contributed by atoms with Crippen LogP contribution in [0.1, 0.15) is 19.8 Å². The Kier molecular flexibility index (Phi) is 5.61. The molecule has 118 valence electrons. The van der Waals surface area contributed by atoms with Gasteiger partial charge in [-0.25, -0.2) is 13.1 Å². The van der Waals surface area contributed by atoms with Crippen LogP contribution in [0.4, 0.5) is 5.69 Å². The van der Waals surface area contributed by atoms with Gasteiger partial charge in [0.05, 0.1) is 4.90 Å². The van der Waals surface area contributed by atoms with Gasteiger partial charge in [-0.15, -0.1) is 0 Å². The average molecular weight is 311 g/mol. The second-order valence-electron chi connectivity index (χ2n) is 5.65. The molecule has 21 heavy (non-hydrogen) atoms. The smallest absolute Gasteiger partial charge is 0.240 e. The zero-order valence-electron chi connectivity index (χ0n) is 12.8. The molecule has 2 N–H and O–H groups in total. The average Bonchev–Trinajstić information content (AvgIpc) is 2.47. The molecule has 1 aliphatic heterocycles. The Morgan fingerprint density at radius 3 is 2.38 bits per heavy atom. The van der Waals surface area contributed by atoms with Crippen molar-refractivity contribution in [3.05, 3.63) is 24.3 Å². The highest BCUT2D eigenvalue weighted by Crippen LogP contribution is 2.18. The molecule has 0 amide bonds. The fourth-order valence-electron chi connectivity index (χ4n) is 2.55. The first-order chi connectivity index (χ1) is 10.0. The quantitative estimate of drug-likeness (QED) is 0.840. The number of hydrogen-bond donors (Lipinski definition) is 2. The highest BCUT2D eigenvalue weighted by atomic mass is 32.2. The standard InChI is InChI=1S/C15H25N3O2S/c1-3-17-21(19,20)15-6-4-14(5-7-15)16-12-13-8-10-18(2)11-9-13/h4-7,13,16-17H,3,8-12H2,1-2H3. The van der Waals surface area contributed by atoms with Crippen molar-refractivity contribution >= 4 is 15.7 Å². The van der Waals surface area contributed by atoms with E-state index in [1.54, 1.807) is 19.1 Å². The Morgan fingerprint density at radius 1 is 1.19 bits per heavy atom. The number of benzene rings is 1. The normalized spacial score (nSPS) is 17.8. The molecule has 0 bridgehead atoms. The molecule has 0 radical (unpaired) electrons. The van der Waals surface area contributed by atoms with Crippen LogP contribution in [0, 0.1) is 5.92 Å². The van der Waals surface area contributed by atoms with E-state index in [0.717, 1.165) is 25.3 Å². The first kappa shape index (κ1) is 16.3. The van der Waals surface area contributed by atoms with Crippen molar-refractivity contribution < 1.29 is 8.42 Å².